The number of hydrogen-bond donors (Lipinski definition) is 2. The van der Waals surface area contributed by atoms with E-state index in [0.29, 0.717) is 16.4 Å². The number of carboxylic acids is 1. The molecule has 1 heterocycles. The molecule has 0 spiro atoms. The van der Waals surface area contributed by atoms with Crippen molar-refractivity contribution in [3.05, 3.63) is 58.4 Å². The van der Waals surface area contributed by atoms with E-state index in [1.54, 1.807) is 31.2 Å². The molecule has 0 aliphatic rings. The molecule has 2 aromatic rings. The molecule has 0 saturated carbocycles. The Labute approximate surface area is 120 Å². The van der Waals surface area contributed by atoms with Crippen molar-refractivity contribution in [2.75, 3.05) is 5.32 Å². The fraction of sp³-hybridized carbons (Fsp3) is 0.0714. The number of rotatable bonds is 3. The number of aromatic carboxylic acids is 1. The smallest absolute Gasteiger partial charge is 0.338 e. The number of halogens is 1. The number of para-hydroxylation sites is 1. The standard InChI is InChI=1S/C14H11ClN2O3/c1-8-6-7-9(14(19)20)12(16-8)13(18)17-11-5-3-2-4-10(11)15/h2-7H,1H3,(H,17,18)(H,19,20). The molecule has 0 atom stereocenters. The summed E-state index contributed by atoms with van der Waals surface area (Å²) in [5.74, 6) is -1.82. The lowest BCUT2D eigenvalue weighted by molar-refractivity contribution is 0.0691. The van der Waals surface area contributed by atoms with Gasteiger partial charge in [-0.15, -0.1) is 0 Å². The molecule has 5 nitrogen and oxygen atoms in total. The van der Waals surface area contributed by atoms with E-state index in [2.05, 4.69) is 10.3 Å². The van der Waals surface area contributed by atoms with Crippen LogP contribution in [0.15, 0.2) is 36.4 Å². The number of nitrogens with one attached hydrogen (secondary N) is 1. The molecular weight excluding hydrogens is 280 g/mol. The van der Waals surface area contributed by atoms with Crippen molar-refractivity contribution in [3.8, 4) is 0 Å². The Bertz CT molecular complexity index is 686. The van der Waals surface area contributed by atoms with E-state index in [1.807, 2.05) is 0 Å². The van der Waals surface area contributed by atoms with Gasteiger partial charge in [-0.3, -0.25) is 4.79 Å². The summed E-state index contributed by atoms with van der Waals surface area (Å²) in [5.41, 5.74) is 0.663. The van der Waals surface area contributed by atoms with Crippen LogP contribution in [0.4, 0.5) is 5.69 Å². The zero-order chi connectivity index (χ0) is 14.7. The summed E-state index contributed by atoms with van der Waals surface area (Å²) in [4.78, 5) is 27.2. The van der Waals surface area contributed by atoms with Gasteiger partial charge in [-0.2, -0.15) is 0 Å². The quantitative estimate of drug-likeness (QED) is 0.911. The highest BCUT2D eigenvalue weighted by Crippen LogP contribution is 2.21. The van der Waals surface area contributed by atoms with Crippen LogP contribution in [0.25, 0.3) is 0 Å². The molecule has 0 aliphatic heterocycles. The minimum atomic E-state index is -1.21. The molecule has 0 bridgehead atoms. The lowest BCUT2D eigenvalue weighted by Crippen LogP contribution is -2.19. The molecule has 1 amide bonds. The van der Waals surface area contributed by atoms with Crippen molar-refractivity contribution in [3.63, 3.8) is 0 Å². The lowest BCUT2D eigenvalue weighted by atomic mass is 10.1. The van der Waals surface area contributed by atoms with Crippen LogP contribution in [0.5, 0.6) is 0 Å². The van der Waals surface area contributed by atoms with Gasteiger partial charge >= 0.3 is 5.97 Å². The first-order valence-electron chi connectivity index (χ1n) is 5.76. The molecule has 102 valence electrons. The summed E-state index contributed by atoms with van der Waals surface area (Å²) < 4.78 is 0. The number of carbonyl (C=O) groups is 2. The van der Waals surface area contributed by atoms with Gasteiger partial charge in [-0.25, -0.2) is 9.78 Å². The van der Waals surface area contributed by atoms with Crippen LogP contribution in [-0.4, -0.2) is 22.0 Å². The molecule has 2 N–H and O–H groups in total. The van der Waals surface area contributed by atoms with Crippen LogP contribution in [0.2, 0.25) is 5.02 Å². The number of amides is 1. The van der Waals surface area contributed by atoms with Crippen LogP contribution in [0, 0.1) is 6.92 Å². The molecular formula is C14H11ClN2O3. The van der Waals surface area contributed by atoms with Crippen LogP contribution >= 0.6 is 11.6 Å². The third-order valence-corrected chi connectivity index (χ3v) is 2.93. The highest BCUT2D eigenvalue weighted by atomic mass is 35.5. The molecule has 0 aliphatic carbocycles. The molecule has 0 saturated heterocycles. The van der Waals surface area contributed by atoms with Crippen LogP contribution in [0.3, 0.4) is 0 Å². The zero-order valence-electron chi connectivity index (χ0n) is 10.6. The van der Waals surface area contributed by atoms with Crippen LogP contribution < -0.4 is 5.32 Å². The van der Waals surface area contributed by atoms with Crippen molar-refractivity contribution < 1.29 is 14.7 Å². The maximum absolute atomic E-state index is 12.1. The fourth-order valence-electron chi connectivity index (χ4n) is 1.65. The fourth-order valence-corrected chi connectivity index (χ4v) is 1.83. The molecule has 1 aromatic heterocycles. The van der Waals surface area contributed by atoms with E-state index in [9.17, 15) is 9.59 Å². The van der Waals surface area contributed by atoms with Gasteiger partial charge in [0.1, 0.15) is 5.69 Å². The third kappa shape index (κ3) is 2.95. The van der Waals surface area contributed by atoms with E-state index in [-0.39, 0.29) is 11.3 Å². The summed E-state index contributed by atoms with van der Waals surface area (Å²) in [6.45, 7) is 1.68. The molecule has 0 fully saturated rings. The SMILES string of the molecule is Cc1ccc(C(=O)O)c(C(=O)Nc2ccccc2Cl)n1. The molecule has 20 heavy (non-hydrogen) atoms. The Morgan fingerprint density at radius 2 is 1.90 bits per heavy atom. The minimum absolute atomic E-state index is 0.141. The largest absolute Gasteiger partial charge is 0.478 e. The van der Waals surface area contributed by atoms with Crippen LogP contribution in [0.1, 0.15) is 26.5 Å². The zero-order valence-corrected chi connectivity index (χ0v) is 11.3. The van der Waals surface area contributed by atoms with Gasteiger partial charge in [-0.1, -0.05) is 23.7 Å². The molecule has 1 aromatic carbocycles. The maximum atomic E-state index is 12.1. The molecule has 6 heteroatoms. The summed E-state index contributed by atoms with van der Waals surface area (Å²) in [5, 5.41) is 12.0. The molecule has 0 unspecified atom stereocenters. The monoisotopic (exact) mass is 290 g/mol. The normalized spacial score (nSPS) is 10.1. The van der Waals surface area contributed by atoms with Gasteiger partial charge in [0.05, 0.1) is 16.3 Å². The first-order chi connectivity index (χ1) is 9.49. The number of aromatic nitrogens is 1. The second-order valence-electron chi connectivity index (χ2n) is 4.09. The predicted octanol–water partition coefficient (Wildman–Crippen LogP) is 2.99. The van der Waals surface area contributed by atoms with Crippen molar-refractivity contribution in [1.82, 2.24) is 4.98 Å². The Kier molecular flexibility index (Phi) is 4.00. The number of anilines is 1. The van der Waals surface area contributed by atoms with Crippen molar-refractivity contribution in [2.45, 2.75) is 6.92 Å². The van der Waals surface area contributed by atoms with Crippen LogP contribution in [-0.2, 0) is 0 Å². The molecule has 2 rings (SSSR count). The highest BCUT2D eigenvalue weighted by molar-refractivity contribution is 6.34. The van der Waals surface area contributed by atoms with Crippen molar-refractivity contribution in [2.24, 2.45) is 0 Å². The summed E-state index contributed by atoms with van der Waals surface area (Å²) in [7, 11) is 0. The van der Waals surface area contributed by atoms with Crippen molar-refractivity contribution in [1.29, 1.82) is 0 Å². The second kappa shape index (κ2) is 5.71. The van der Waals surface area contributed by atoms with E-state index in [4.69, 9.17) is 16.7 Å². The van der Waals surface area contributed by atoms with E-state index >= 15 is 0 Å². The Hall–Kier alpha value is -2.40. The van der Waals surface area contributed by atoms with Gasteiger partial charge in [-0.05, 0) is 31.2 Å². The lowest BCUT2D eigenvalue weighted by Gasteiger charge is -2.09. The summed E-state index contributed by atoms with van der Waals surface area (Å²) >= 11 is 5.94. The summed E-state index contributed by atoms with van der Waals surface area (Å²) in [6.07, 6.45) is 0. The van der Waals surface area contributed by atoms with E-state index in [1.165, 1.54) is 12.1 Å². The second-order valence-corrected chi connectivity index (χ2v) is 4.50. The maximum Gasteiger partial charge on any atom is 0.338 e. The average Bonchev–Trinajstić information content (AvgIpc) is 2.40. The summed E-state index contributed by atoms with van der Waals surface area (Å²) in [6, 6.07) is 9.58. The molecule has 0 radical (unpaired) electrons. The van der Waals surface area contributed by atoms with E-state index < -0.39 is 11.9 Å². The number of pyridine rings is 1. The highest BCUT2D eigenvalue weighted by Gasteiger charge is 2.19. The first-order valence-corrected chi connectivity index (χ1v) is 6.13. The van der Waals surface area contributed by atoms with Gasteiger partial charge in [0, 0.05) is 5.69 Å². The number of hydrogen-bond acceptors (Lipinski definition) is 3. The Balaban J connectivity index is 2.37. The number of carboxylic acid groups (broad SMARTS) is 1. The van der Waals surface area contributed by atoms with Crippen molar-refractivity contribution >= 4 is 29.2 Å². The number of carbonyl (C=O) groups excluding carboxylic acids is 1. The predicted molar refractivity (Wildman–Crippen MR) is 75.3 cm³/mol. The van der Waals surface area contributed by atoms with Gasteiger partial charge < -0.3 is 10.4 Å². The number of aryl methyl sites for hydroxylation is 1. The van der Waals surface area contributed by atoms with E-state index in [0.717, 1.165) is 0 Å². The number of benzene rings is 1. The number of nitrogens with zero attached hydrogens (tertiary/aromatic N) is 1. The first kappa shape index (κ1) is 14.0. The third-order valence-electron chi connectivity index (χ3n) is 2.60. The Morgan fingerprint density at radius 3 is 2.55 bits per heavy atom. The van der Waals surface area contributed by atoms with Gasteiger partial charge in [0.15, 0.2) is 0 Å². The minimum Gasteiger partial charge on any atom is -0.478 e. The topological polar surface area (TPSA) is 79.3 Å². The Morgan fingerprint density at radius 1 is 1.20 bits per heavy atom. The van der Waals surface area contributed by atoms with Gasteiger partial charge in [0.25, 0.3) is 5.91 Å². The van der Waals surface area contributed by atoms with Gasteiger partial charge in [0.2, 0.25) is 0 Å². The average molecular weight is 291 g/mol.